The van der Waals surface area contributed by atoms with Crippen LogP contribution < -0.4 is 5.32 Å². The largest absolute Gasteiger partial charge is 0.338 e. The number of amides is 1. The van der Waals surface area contributed by atoms with E-state index in [0.29, 0.717) is 45.7 Å². The Morgan fingerprint density at radius 3 is 2.54 bits per heavy atom. The molecular formula is C20H20Cl2N2O2. The highest BCUT2D eigenvalue weighted by molar-refractivity contribution is 6.42. The number of nitrogens with zero attached hydrogens (tertiary/aromatic N) is 1. The second kappa shape index (κ2) is 8.21. The highest BCUT2D eigenvalue weighted by Crippen LogP contribution is 2.26. The number of hydrogen-bond acceptors (Lipinski definition) is 3. The summed E-state index contributed by atoms with van der Waals surface area (Å²) in [6, 6.07) is 11.7. The summed E-state index contributed by atoms with van der Waals surface area (Å²) in [5, 5.41) is 3.86. The Morgan fingerprint density at radius 1 is 1.12 bits per heavy atom. The molecule has 1 fully saturated rings. The zero-order valence-electron chi connectivity index (χ0n) is 14.5. The van der Waals surface area contributed by atoms with Crippen molar-refractivity contribution >= 4 is 34.9 Å². The third-order valence-corrected chi connectivity index (χ3v) is 5.39. The number of halogens is 2. The number of ketones is 1. The highest BCUT2D eigenvalue weighted by Gasteiger charge is 2.28. The molecule has 2 aromatic carbocycles. The van der Waals surface area contributed by atoms with Crippen molar-refractivity contribution in [2.75, 3.05) is 26.7 Å². The van der Waals surface area contributed by atoms with E-state index in [2.05, 4.69) is 5.32 Å². The molecule has 2 aromatic rings. The Balaban J connectivity index is 1.87. The monoisotopic (exact) mass is 390 g/mol. The van der Waals surface area contributed by atoms with Crippen LogP contribution in [0.15, 0.2) is 42.5 Å². The molecule has 3 rings (SSSR count). The molecule has 1 aliphatic rings. The standard InChI is InChI=1S/C20H20Cl2N2O2/c1-23-11-13-8-9-24(12-13)20(26)16-5-3-2-4-15(16)19(25)14-6-7-17(21)18(22)10-14/h2-7,10,13,23H,8-9,11-12H2,1H3/t13-/m0/s1. The van der Waals surface area contributed by atoms with Gasteiger partial charge in [0.05, 0.1) is 15.6 Å². The van der Waals surface area contributed by atoms with E-state index >= 15 is 0 Å². The molecule has 1 aliphatic heterocycles. The minimum atomic E-state index is -0.238. The summed E-state index contributed by atoms with van der Waals surface area (Å²) in [6.07, 6.45) is 0.968. The third-order valence-electron chi connectivity index (χ3n) is 4.65. The lowest BCUT2D eigenvalue weighted by molar-refractivity contribution is 0.0782. The van der Waals surface area contributed by atoms with Gasteiger partial charge in [-0.05, 0) is 50.2 Å². The van der Waals surface area contributed by atoms with Crippen LogP contribution >= 0.6 is 23.2 Å². The molecule has 0 aromatic heterocycles. The Kier molecular flexibility index (Phi) is 5.97. The van der Waals surface area contributed by atoms with E-state index in [4.69, 9.17) is 23.2 Å². The maximum absolute atomic E-state index is 13.0. The lowest BCUT2D eigenvalue weighted by Crippen LogP contribution is -2.31. The second-order valence-corrected chi connectivity index (χ2v) is 7.28. The molecule has 136 valence electrons. The van der Waals surface area contributed by atoms with Gasteiger partial charge < -0.3 is 10.2 Å². The van der Waals surface area contributed by atoms with Gasteiger partial charge in [-0.25, -0.2) is 0 Å². The fourth-order valence-electron chi connectivity index (χ4n) is 3.30. The Hall–Kier alpha value is -1.88. The van der Waals surface area contributed by atoms with Gasteiger partial charge in [0.1, 0.15) is 0 Å². The molecule has 0 unspecified atom stereocenters. The predicted octanol–water partition coefficient (Wildman–Crippen LogP) is 3.91. The first-order chi connectivity index (χ1) is 12.5. The average Bonchev–Trinajstić information content (AvgIpc) is 3.12. The summed E-state index contributed by atoms with van der Waals surface area (Å²) in [6.45, 7) is 2.29. The van der Waals surface area contributed by atoms with Gasteiger partial charge in [-0.2, -0.15) is 0 Å². The van der Waals surface area contributed by atoms with Gasteiger partial charge in [0, 0.05) is 24.2 Å². The number of benzene rings is 2. The highest BCUT2D eigenvalue weighted by atomic mass is 35.5. The van der Waals surface area contributed by atoms with E-state index in [1.54, 1.807) is 36.4 Å². The Morgan fingerprint density at radius 2 is 1.85 bits per heavy atom. The molecule has 0 bridgehead atoms. The van der Waals surface area contributed by atoms with Gasteiger partial charge in [0.15, 0.2) is 5.78 Å². The lowest BCUT2D eigenvalue weighted by Gasteiger charge is -2.18. The van der Waals surface area contributed by atoms with E-state index in [1.807, 2.05) is 11.9 Å². The molecule has 0 radical (unpaired) electrons. The molecule has 0 saturated carbocycles. The number of carbonyl (C=O) groups is 2. The van der Waals surface area contributed by atoms with Crippen LogP contribution in [0.25, 0.3) is 0 Å². The van der Waals surface area contributed by atoms with E-state index in [0.717, 1.165) is 13.0 Å². The van der Waals surface area contributed by atoms with Gasteiger partial charge >= 0.3 is 0 Å². The number of carbonyl (C=O) groups excluding carboxylic acids is 2. The van der Waals surface area contributed by atoms with Crippen LogP contribution in [0.5, 0.6) is 0 Å². The van der Waals surface area contributed by atoms with Crippen LogP contribution in [0.3, 0.4) is 0 Å². The van der Waals surface area contributed by atoms with E-state index in [-0.39, 0.29) is 11.7 Å². The molecule has 1 heterocycles. The first-order valence-corrected chi connectivity index (χ1v) is 9.29. The minimum Gasteiger partial charge on any atom is -0.338 e. The second-order valence-electron chi connectivity index (χ2n) is 6.47. The van der Waals surface area contributed by atoms with Crippen molar-refractivity contribution in [3.05, 3.63) is 69.2 Å². The first kappa shape index (κ1) is 18.9. The average molecular weight is 391 g/mol. The first-order valence-electron chi connectivity index (χ1n) is 8.54. The SMILES string of the molecule is CNC[C@@H]1CCN(C(=O)c2ccccc2C(=O)c2ccc(Cl)c(Cl)c2)C1. The molecule has 1 saturated heterocycles. The molecule has 4 nitrogen and oxygen atoms in total. The third kappa shape index (κ3) is 3.93. The van der Waals surface area contributed by atoms with Crippen LogP contribution in [-0.2, 0) is 0 Å². The van der Waals surface area contributed by atoms with Crippen molar-refractivity contribution in [3.63, 3.8) is 0 Å². The Labute approximate surface area is 163 Å². The van der Waals surface area contributed by atoms with Gasteiger partial charge in [-0.15, -0.1) is 0 Å². The van der Waals surface area contributed by atoms with E-state index < -0.39 is 0 Å². The fourth-order valence-corrected chi connectivity index (χ4v) is 3.60. The van der Waals surface area contributed by atoms with Gasteiger partial charge in [0.25, 0.3) is 5.91 Å². The molecule has 1 N–H and O–H groups in total. The maximum Gasteiger partial charge on any atom is 0.254 e. The van der Waals surface area contributed by atoms with E-state index in [9.17, 15) is 9.59 Å². The quantitative estimate of drug-likeness (QED) is 0.787. The number of rotatable bonds is 5. The van der Waals surface area contributed by atoms with Gasteiger partial charge in [0.2, 0.25) is 0 Å². The van der Waals surface area contributed by atoms with Crippen molar-refractivity contribution in [1.82, 2.24) is 10.2 Å². The summed E-state index contributed by atoms with van der Waals surface area (Å²) >= 11 is 12.0. The summed E-state index contributed by atoms with van der Waals surface area (Å²) in [5.41, 5.74) is 1.22. The van der Waals surface area contributed by atoms with Crippen LogP contribution in [0.1, 0.15) is 32.7 Å². The number of nitrogens with one attached hydrogen (secondary N) is 1. The zero-order valence-corrected chi connectivity index (χ0v) is 16.0. The van der Waals surface area contributed by atoms with Gasteiger partial charge in [-0.1, -0.05) is 41.4 Å². The minimum absolute atomic E-state index is 0.104. The van der Waals surface area contributed by atoms with E-state index in [1.165, 1.54) is 6.07 Å². The fraction of sp³-hybridized carbons (Fsp3) is 0.300. The van der Waals surface area contributed by atoms with Crippen molar-refractivity contribution < 1.29 is 9.59 Å². The zero-order chi connectivity index (χ0) is 18.7. The summed E-state index contributed by atoms with van der Waals surface area (Å²) in [4.78, 5) is 27.7. The smallest absolute Gasteiger partial charge is 0.254 e. The van der Waals surface area contributed by atoms with Crippen LogP contribution in [0, 0.1) is 5.92 Å². The van der Waals surface area contributed by atoms with Gasteiger partial charge in [-0.3, -0.25) is 9.59 Å². The topological polar surface area (TPSA) is 49.4 Å². The predicted molar refractivity (Wildman–Crippen MR) is 104 cm³/mol. The normalized spacial score (nSPS) is 16.7. The van der Waals surface area contributed by atoms with Crippen LogP contribution in [0.2, 0.25) is 10.0 Å². The lowest BCUT2D eigenvalue weighted by atomic mass is 9.97. The molecular weight excluding hydrogens is 371 g/mol. The summed E-state index contributed by atoms with van der Waals surface area (Å²) < 4.78 is 0. The molecule has 1 amide bonds. The summed E-state index contributed by atoms with van der Waals surface area (Å²) in [7, 11) is 1.91. The number of likely N-dealkylation sites (tertiary alicyclic amines) is 1. The van der Waals surface area contributed by atoms with Crippen molar-refractivity contribution in [2.45, 2.75) is 6.42 Å². The van der Waals surface area contributed by atoms with Crippen LogP contribution in [-0.4, -0.2) is 43.3 Å². The molecule has 1 atom stereocenters. The molecule has 6 heteroatoms. The van der Waals surface area contributed by atoms with Crippen molar-refractivity contribution in [2.24, 2.45) is 5.92 Å². The maximum atomic E-state index is 13.0. The molecule has 26 heavy (non-hydrogen) atoms. The van der Waals surface area contributed by atoms with Crippen molar-refractivity contribution in [1.29, 1.82) is 0 Å². The molecule has 0 spiro atoms. The molecule has 0 aliphatic carbocycles. The number of hydrogen-bond donors (Lipinski definition) is 1. The Bertz CT molecular complexity index is 838. The van der Waals surface area contributed by atoms with Crippen molar-refractivity contribution in [3.8, 4) is 0 Å². The van der Waals surface area contributed by atoms with Crippen LogP contribution in [0.4, 0.5) is 0 Å². The summed E-state index contributed by atoms with van der Waals surface area (Å²) in [5.74, 6) is 0.105.